The third-order valence-corrected chi connectivity index (χ3v) is 4.14. The van der Waals surface area contributed by atoms with E-state index in [1.807, 2.05) is 0 Å². The summed E-state index contributed by atoms with van der Waals surface area (Å²) in [6.45, 7) is 1.66. The van der Waals surface area contributed by atoms with Crippen molar-refractivity contribution in [2.75, 3.05) is 13.1 Å². The molecule has 4 heteroatoms. The van der Waals surface area contributed by atoms with E-state index in [-0.39, 0.29) is 18.0 Å². The quantitative estimate of drug-likeness (QED) is 0.909. The van der Waals surface area contributed by atoms with E-state index < -0.39 is 0 Å². The van der Waals surface area contributed by atoms with Crippen molar-refractivity contribution in [1.29, 1.82) is 0 Å². The van der Waals surface area contributed by atoms with Gasteiger partial charge in [-0.1, -0.05) is 18.9 Å². The fourth-order valence-electron chi connectivity index (χ4n) is 3.07. The maximum Gasteiger partial charge on any atom is 0.126 e. The van der Waals surface area contributed by atoms with Crippen LogP contribution in [0.5, 0.6) is 5.75 Å². The molecule has 2 unspecified atom stereocenters. The molecule has 0 aromatic heterocycles. The smallest absolute Gasteiger partial charge is 0.126 e. The van der Waals surface area contributed by atoms with Gasteiger partial charge in [0.25, 0.3) is 0 Å². The van der Waals surface area contributed by atoms with Gasteiger partial charge in [0.2, 0.25) is 0 Å². The SMILES string of the molecule is OC1CCCCC1N1CC(Oc2cccc(F)c2)C1. The van der Waals surface area contributed by atoms with Crippen LogP contribution in [0.15, 0.2) is 24.3 Å². The minimum atomic E-state index is -0.267. The van der Waals surface area contributed by atoms with Gasteiger partial charge in [-0.05, 0) is 25.0 Å². The molecule has 0 amide bonds. The lowest BCUT2D eigenvalue weighted by Gasteiger charge is -2.46. The Bertz CT molecular complexity index is 434. The average Bonchev–Trinajstić information content (AvgIpc) is 2.35. The first-order valence-electron chi connectivity index (χ1n) is 7.07. The van der Waals surface area contributed by atoms with Crippen molar-refractivity contribution in [1.82, 2.24) is 4.90 Å². The van der Waals surface area contributed by atoms with Crippen LogP contribution in [0, 0.1) is 5.82 Å². The first-order chi connectivity index (χ1) is 9.22. The molecule has 3 nitrogen and oxygen atoms in total. The van der Waals surface area contributed by atoms with Crippen LogP contribution in [0.1, 0.15) is 25.7 Å². The summed E-state index contributed by atoms with van der Waals surface area (Å²) < 4.78 is 18.8. The van der Waals surface area contributed by atoms with Crippen LogP contribution >= 0.6 is 0 Å². The van der Waals surface area contributed by atoms with Crippen molar-refractivity contribution in [2.24, 2.45) is 0 Å². The van der Waals surface area contributed by atoms with E-state index in [1.54, 1.807) is 12.1 Å². The Labute approximate surface area is 113 Å². The van der Waals surface area contributed by atoms with Gasteiger partial charge in [0.15, 0.2) is 0 Å². The van der Waals surface area contributed by atoms with E-state index >= 15 is 0 Å². The molecular formula is C15H20FNO2. The Morgan fingerprint density at radius 2 is 2.00 bits per heavy atom. The Balaban J connectivity index is 1.50. The molecular weight excluding hydrogens is 245 g/mol. The number of hydrogen-bond acceptors (Lipinski definition) is 3. The maximum absolute atomic E-state index is 13.0. The molecule has 2 fully saturated rings. The molecule has 2 aliphatic rings. The zero-order valence-electron chi connectivity index (χ0n) is 11.0. The highest BCUT2D eigenvalue weighted by Crippen LogP contribution is 2.28. The third-order valence-electron chi connectivity index (χ3n) is 4.14. The predicted octanol–water partition coefficient (Wildman–Crippen LogP) is 2.19. The molecule has 104 valence electrons. The van der Waals surface area contributed by atoms with Gasteiger partial charge in [-0.3, -0.25) is 4.90 Å². The van der Waals surface area contributed by atoms with Crippen molar-refractivity contribution in [2.45, 2.75) is 43.9 Å². The second-order valence-electron chi connectivity index (χ2n) is 5.57. The molecule has 2 atom stereocenters. The molecule has 0 radical (unpaired) electrons. The molecule has 1 saturated carbocycles. The van der Waals surface area contributed by atoms with Crippen molar-refractivity contribution < 1.29 is 14.2 Å². The van der Waals surface area contributed by atoms with Gasteiger partial charge in [0.05, 0.1) is 6.10 Å². The summed E-state index contributed by atoms with van der Waals surface area (Å²) in [5.74, 6) is 0.324. The van der Waals surface area contributed by atoms with E-state index in [0.29, 0.717) is 11.8 Å². The molecule has 19 heavy (non-hydrogen) atoms. The summed E-state index contributed by atoms with van der Waals surface area (Å²) in [5.41, 5.74) is 0. The summed E-state index contributed by atoms with van der Waals surface area (Å²) in [7, 11) is 0. The first kappa shape index (κ1) is 12.9. The van der Waals surface area contributed by atoms with Crippen LogP contribution in [0.2, 0.25) is 0 Å². The lowest BCUT2D eigenvalue weighted by molar-refractivity contribution is -0.0627. The number of likely N-dealkylation sites (tertiary alicyclic amines) is 1. The molecule has 1 aromatic rings. The van der Waals surface area contributed by atoms with Gasteiger partial charge in [-0.25, -0.2) is 4.39 Å². The summed E-state index contributed by atoms with van der Waals surface area (Å²) in [6, 6.07) is 6.56. The van der Waals surface area contributed by atoms with Gasteiger partial charge in [0, 0.05) is 25.2 Å². The average molecular weight is 265 g/mol. The van der Waals surface area contributed by atoms with Crippen molar-refractivity contribution >= 4 is 0 Å². The van der Waals surface area contributed by atoms with Crippen LogP contribution in [0.4, 0.5) is 4.39 Å². The highest BCUT2D eigenvalue weighted by molar-refractivity contribution is 5.23. The van der Waals surface area contributed by atoms with E-state index in [9.17, 15) is 9.50 Å². The van der Waals surface area contributed by atoms with Gasteiger partial charge < -0.3 is 9.84 Å². The fourth-order valence-corrected chi connectivity index (χ4v) is 3.07. The number of rotatable bonds is 3. The Kier molecular flexibility index (Phi) is 3.71. The largest absolute Gasteiger partial charge is 0.488 e. The summed E-state index contributed by atoms with van der Waals surface area (Å²) in [5, 5.41) is 9.98. The maximum atomic E-state index is 13.0. The molecule has 0 spiro atoms. The number of ether oxygens (including phenoxy) is 1. The molecule has 1 aromatic carbocycles. The van der Waals surface area contributed by atoms with Crippen LogP contribution in [0.25, 0.3) is 0 Å². The second-order valence-corrected chi connectivity index (χ2v) is 5.57. The Hall–Kier alpha value is -1.13. The van der Waals surface area contributed by atoms with Gasteiger partial charge >= 0.3 is 0 Å². The Morgan fingerprint density at radius 3 is 2.74 bits per heavy atom. The van der Waals surface area contributed by atoms with Gasteiger partial charge in [0.1, 0.15) is 17.7 Å². The van der Waals surface area contributed by atoms with E-state index in [0.717, 1.165) is 32.4 Å². The molecule has 0 bridgehead atoms. The standard InChI is InChI=1S/C15H20FNO2/c16-11-4-3-5-12(8-11)19-13-9-17(10-13)14-6-1-2-7-15(14)18/h3-5,8,13-15,18H,1-2,6-7,9-10H2. The summed E-state index contributed by atoms with van der Waals surface area (Å²) in [6.07, 6.45) is 4.26. The number of hydrogen-bond donors (Lipinski definition) is 1. The lowest BCUT2D eigenvalue weighted by Crippen LogP contribution is -2.61. The summed E-state index contributed by atoms with van der Waals surface area (Å²) in [4.78, 5) is 2.29. The van der Waals surface area contributed by atoms with Crippen molar-refractivity contribution in [3.05, 3.63) is 30.1 Å². The number of nitrogens with zero attached hydrogens (tertiary/aromatic N) is 1. The predicted molar refractivity (Wildman–Crippen MR) is 70.7 cm³/mol. The van der Waals surface area contributed by atoms with Crippen molar-refractivity contribution in [3.8, 4) is 5.75 Å². The van der Waals surface area contributed by atoms with Crippen LogP contribution in [-0.2, 0) is 0 Å². The number of aliphatic hydroxyl groups excluding tert-OH is 1. The summed E-state index contributed by atoms with van der Waals surface area (Å²) >= 11 is 0. The molecule has 3 rings (SSSR count). The second kappa shape index (κ2) is 5.47. The Morgan fingerprint density at radius 1 is 1.21 bits per heavy atom. The molecule has 1 saturated heterocycles. The molecule has 1 aliphatic carbocycles. The zero-order chi connectivity index (χ0) is 13.2. The van der Waals surface area contributed by atoms with Crippen molar-refractivity contribution in [3.63, 3.8) is 0 Å². The fraction of sp³-hybridized carbons (Fsp3) is 0.600. The minimum absolute atomic E-state index is 0.121. The normalized spacial score (nSPS) is 28.9. The molecule has 1 aliphatic heterocycles. The number of aliphatic hydroxyl groups is 1. The van der Waals surface area contributed by atoms with Crippen LogP contribution in [-0.4, -0.2) is 41.3 Å². The van der Waals surface area contributed by atoms with E-state index in [2.05, 4.69) is 4.90 Å². The number of benzene rings is 1. The molecule has 1 N–H and O–H groups in total. The van der Waals surface area contributed by atoms with Crippen LogP contribution in [0.3, 0.4) is 0 Å². The topological polar surface area (TPSA) is 32.7 Å². The monoisotopic (exact) mass is 265 g/mol. The zero-order valence-corrected chi connectivity index (χ0v) is 11.0. The van der Waals surface area contributed by atoms with E-state index in [1.165, 1.54) is 18.6 Å². The van der Waals surface area contributed by atoms with Gasteiger partial charge in [-0.2, -0.15) is 0 Å². The van der Waals surface area contributed by atoms with E-state index in [4.69, 9.17) is 4.74 Å². The highest BCUT2D eigenvalue weighted by Gasteiger charge is 2.37. The molecule has 1 heterocycles. The third kappa shape index (κ3) is 2.90. The first-order valence-corrected chi connectivity index (χ1v) is 7.07. The van der Waals surface area contributed by atoms with Crippen LogP contribution < -0.4 is 4.74 Å². The highest BCUT2D eigenvalue weighted by atomic mass is 19.1. The number of halogens is 1. The lowest BCUT2D eigenvalue weighted by atomic mass is 9.89. The minimum Gasteiger partial charge on any atom is -0.488 e. The van der Waals surface area contributed by atoms with Gasteiger partial charge in [-0.15, -0.1) is 0 Å².